The highest BCUT2D eigenvalue weighted by Crippen LogP contribution is 2.42. The van der Waals surface area contributed by atoms with Crippen molar-refractivity contribution in [3.05, 3.63) is 72.8 Å². The van der Waals surface area contributed by atoms with E-state index in [4.69, 9.17) is 4.98 Å². The summed E-state index contributed by atoms with van der Waals surface area (Å²) in [4.78, 5) is 29.3. The number of benzene rings is 2. The number of nitrogens with zero attached hydrogens (tertiary/aromatic N) is 1. The lowest BCUT2D eigenvalue weighted by Crippen LogP contribution is -2.33. The number of hydrogen-bond acceptors (Lipinski definition) is 4. The third kappa shape index (κ3) is 4.23. The Morgan fingerprint density at radius 1 is 0.824 bits per heavy atom. The molecule has 0 spiro atoms. The van der Waals surface area contributed by atoms with Crippen LogP contribution in [0.5, 0.6) is 0 Å². The van der Waals surface area contributed by atoms with Crippen molar-refractivity contribution >= 4 is 39.3 Å². The summed E-state index contributed by atoms with van der Waals surface area (Å²) in [6.45, 7) is 0.933. The predicted octanol–water partition coefficient (Wildman–Crippen LogP) is 5.92. The summed E-state index contributed by atoms with van der Waals surface area (Å²) in [5.74, 6) is -0.630. The van der Waals surface area contributed by atoms with Crippen molar-refractivity contribution in [3.63, 3.8) is 0 Å². The number of carbonyl (C=O) groups is 2. The molecule has 2 aromatic carbocycles. The zero-order valence-electron chi connectivity index (χ0n) is 19.4. The van der Waals surface area contributed by atoms with Gasteiger partial charge < -0.3 is 5.32 Å². The van der Waals surface area contributed by atoms with Gasteiger partial charge in [0, 0.05) is 17.3 Å². The van der Waals surface area contributed by atoms with Gasteiger partial charge in [-0.05, 0) is 25.0 Å². The second-order valence-electron chi connectivity index (χ2n) is 9.40. The highest BCUT2D eigenvalue weighted by molar-refractivity contribution is 6.09. The molecule has 2 heterocycles. The second kappa shape index (κ2) is 9.80. The summed E-state index contributed by atoms with van der Waals surface area (Å²) >= 11 is 0. The minimum atomic E-state index is -0.661. The number of unbranched alkanes of at least 4 members (excludes halogenated alkanes) is 5. The summed E-state index contributed by atoms with van der Waals surface area (Å²) in [6.07, 6.45) is 14.9. The number of allylic oxidation sites excluding steroid dienone is 2. The Balaban J connectivity index is 1.07. The van der Waals surface area contributed by atoms with E-state index in [0.717, 1.165) is 49.7 Å². The first kappa shape index (κ1) is 22.3. The SMILES string of the molecule is O=C1NC(=O)C2(CCCCCCCCNc3c4ccccc4nc4ccccc34)C=CC=CC12. The van der Waals surface area contributed by atoms with Crippen LogP contribution in [0.4, 0.5) is 5.69 Å². The van der Waals surface area contributed by atoms with E-state index in [-0.39, 0.29) is 17.7 Å². The number of fused-ring (bicyclic) bond motifs is 3. The Labute approximate surface area is 200 Å². The first-order valence-electron chi connectivity index (χ1n) is 12.4. The van der Waals surface area contributed by atoms with Gasteiger partial charge in [-0.1, -0.05) is 92.8 Å². The molecule has 1 fully saturated rings. The van der Waals surface area contributed by atoms with E-state index in [0.29, 0.717) is 0 Å². The molecule has 1 aromatic heterocycles. The van der Waals surface area contributed by atoms with Crippen LogP contribution in [0.2, 0.25) is 0 Å². The van der Waals surface area contributed by atoms with Crippen LogP contribution in [0.15, 0.2) is 72.8 Å². The molecule has 0 radical (unpaired) electrons. The molecule has 2 unspecified atom stereocenters. The van der Waals surface area contributed by atoms with Crippen molar-refractivity contribution in [1.82, 2.24) is 10.3 Å². The first-order chi connectivity index (χ1) is 16.7. The normalized spacial score (nSPS) is 21.2. The highest BCUT2D eigenvalue weighted by atomic mass is 16.2. The molecule has 0 bridgehead atoms. The number of rotatable bonds is 10. The monoisotopic (exact) mass is 453 g/mol. The van der Waals surface area contributed by atoms with Crippen LogP contribution < -0.4 is 10.6 Å². The van der Waals surface area contributed by atoms with Gasteiger partial charge in [0.2, 0.25) is 11.8 Å². The second-order valence-corrected chi connectivity index (χ2v) is 9.40. The molecule has 1 saturated heterocycles. The Morgan fingerprint density at radius 2 is 1.47 bits per heavy atom. The third-order valence-electron chi connectivity index (χ3n) is 7.21. The van der Waals surface area contributed by atoms with Crippen molar-refractivity contribution < 1.29 is 9.59 Å². The zero-order chi connectivity index (χ0) is 23.4. The zero-order valence-corrected chi connectivity index (χ0v) is 19.4. The van der Waals surface area contributed by atoms with Gasteiger partial charge in [-0.25, -0.2) is 4.98 Å². The summed E-state index contributed by atoms with van der Waals surface area (Å²) in [6, 6.07) is 16.6. The fourth-order valence-corrected chi connectivity index (χ4v) is 5.37. The smallest absolute Gasteiger partial charge is 0.237 e. The van der Waals surface area contributed by atoms with Crippen molar-refractivity contribution in [1.29, 1.82) is 0 Å². The number of para-hydroxylation sites is 2. The summed E-state index contributed by atoms with van der Waals surface area (Å²) in [5.41, 5.74) is 2.55. The van der Waals surface area contributed by atoms with E-state index >= 15 is 0 Å². The maximum Gasteiger partial charge on any atom is 0.237 e. The van der Waals surface area contributed by atoms with Gasteiger partial charge in [-0.2, -0.15) is 0 Å². The Bertz CT molecular complexity index is 1220. The van der Waals surface area contributed by atoms with E-state index in [1.165, 1.54) is 29.3 Å². The van der Waals surface area contributed by atoms with Gasteiger partial charge in [0.1, 0.15) is 0 Å². The van der Waals surface area contributed by atoms with E-state index < -0.39 is 5.41 Å². The molecule has 174 valence electrons. The molecule has 2 atom stereocenters. The lowest BCUT2D eigenvalue weighted by Gasteiger charge is -2.28. The van der Waals surface area contributed by atoms with Gasteiger partial charge in [0.05, 0.1) is 28.1 Å². The van der Waals surface area contributed by atoms with E-state index in [9.17, 15) is 9.59 Å². The minimum Gasteiger partial charge on any atom is -0.384 e. The number of carbonyl (C=O) groups excluding carboxylic acids is 2. The summed E-state index contributed by atoms with van der Waals surface area (Å²) in [7, 11) is 0. The summed E-state index contributed by atoms with van der Waals surface area (Å²) < 4.78 is 0. The molecule has 5 heteroatoms. The highest BCUT2D eigenvalue weighted by Gasteiger charge is 2.52. The molecule has 3 aromatic rings. The van der Waals surface area contributed by atoms with Crippen LogP contribution in [0.25, 0.3) is 21.8 Å². The molecule has 0 saturated carbocycles. The van der Waals surface area contributed by atoms with Crippen molar-refractivity contribution in [3.8, 4) is 0 Å². The van der Waals surface area contributed by atoms with Crippen LogP contribution >= 0.6 is 0 Å². The van der Waals surface area contributed by atoms with Crippen LogP contribution in [-0.2, 0) is 9.59 Å². The number of nitrogens with one attached hydrogen (secondary N) is 2. The largest absolute Gasteiger partial charge is 0.384 e. The fraction of sp³-hybridized carbons (Fsp3) is 0.345. The summed E-state index contributed by atoms with van der Waals surface area (Å²) in [5, 5.41) is 8.53. The molecule has 34 heavy (non-hydrogen) atoms. The lowest BCUT2D eigenvalue weighted by atomic mass is 9.71. The number of pyridine rings is 1. The topological polar surface area (TPSA) is 71.1 Å². The molecule has 2 N–H and O–H groups in total. The lowest BCUT2D eigenvalue weighted by molar-refractivity contribution is -0.127. The van der Waals surface area contributed by atoms with E-state index in [2.05, 4.69) is 47.0 Å². The van der Waals surface area contributed by atoms with Crippen molar-refractivity contribution in [2.75, 3.05) is 11.9 Å². The Morgan fingerprint density at radius 3 is 2.21 bits per heavy atom. The van der Waals surface area contributed by atoms with Crippen LogP contribution in [0.3, 0.4) is 0 Å². The molecular weight excluding hydrogens is 422 g/mol. The van der Waals surface area contributed by atoms with E-state index in [1.54, 1.807) is 0 Å². The molecule has 2 aliphatic rings. The van der Waals surface area contributed by atoms with E-state index in [1.807, 2.05) is 36.4 Å². The van der Waals surface area contributed by atoms with Crippen molar-refractivity contribution in [2.45, 2.75) is 44.9 Å². The van der Waals surface area contributed by atoms with Crippen molar-refractivity contribution in [2.24, 2.45) is 11.3 Å². The number of anilines is 1. The van der Waals surface area contributed by atoms with Gasteiger partial charge in [0.15, 0.2) is 0 Å². The van der Waals surface area contributed by atoms with Gasteiger partial charge in [-0.3, -0.25) is 14.9 Å². The number of amides is 2. The average Bonchev–Trinajstić information content (AvgIpc) is 3.12. The molecule has 5 nitrogen and oxygen atoms in total. The van der Waals surface area contributed by atoms with Crippen LogP contribution in [-0.4, -0.2) is 23.3 Å². The predicted molar refractivity (Wildman–Crippen MR) is 137 cm³/mol. The molecule has 2 amide bonds. The van der Waals surface area contributed by atoms with Gasteiger partial charge >= 0.3 is 0 Å². The molecule has 5 rings (SSSR count). The maximum absolute atomic E-state index is 12.4. The van der Waals surface area contributed by atoms with Gasteiger partial charge in [0.25, 0.3) is 0 Å². The van der Waals surface area contributed by atoms with Crippen LogP contribution in [0, 0.1) is 11.3 Å². The Hall–Kier alpha value is -3.47. The number of imide groups is 1. The quantitative estimate of drug-likeness (QED) is 0.227. The molecular formula is C29H31N3O2. The minimum absolute atomic E-state index is 0.134. The molecule has 1 aliphatic carbocycles. The number of aromatic nitrogens is 1. The molecule has 1 aliphatic heterocycles. The maximum atomic E-state index is 12.4. The standard InChI is InChI=1S/C29H31N3O2/c33-27-23-15-9-11-19-29(23,28(34)32-27)18-10-3-1-2-4-12-20-30-26-21-13-5-7-16-24(21)31-25-17-8-6-14-22(25)26/h5-9,11,13-17,19,23H,1-4,10,12,18,20H2,(H,30,31)(H,32,33,34). The van der Waals surface area contributed by atoms with Crippen LogP contribution in [0.1, 0.15) is 44.9 Å². The Kier molecular flexibility index (Phi) is 6.43. The first-order valence-corrected chi connectivity index (χ1v) is 12.4. The van der Waals surface area contributed by atoms with Gasteiger partial charge in [-0.15, -0.1) is 0 Å². The number of hydrogen-bond donors (Lipinski definition) is 2. The fourth-order valence-electron chi connectivity index (χ4n) is 5.37. The average molecular weight is 454 g/mol. The third-order valence-corrected chi connectivity index (χ3v) is 7.21.